The Balaban J connectivity index is 1.87. The van der Waals surface area contributed by atoms with Gasteiger partial charge in [0.05, 0.1) is 18.2 Å². The Bertz CT molecular complexity index is 1440. The van der Waals surface area contributed by atoms with Crippen LogP contribution in [0.1, 0.15) is 61.6 Å². The largest absolute Gasteiger partial charge is 0.507 e. The Morgan fingerprint density at radius 1 is 1.03 bits per heavy atom. The molecule has 1 atom stereocenters. The fraction of sp³-hybridized carbons (Fsp3) is 0.312. The fourth-order valence-corrected chi connectivity index (χ4v) is 4.82. The fourth-order valence-electron chi connectivity index (χ4n) is 4.82. The van der Waals surface area contributed by atoms with Crippen molar-refractivity contribution >= 4 is 17.4 Å². The lowest BCUT2D eigenvalue weighted by molar-refractivity contribution is -0.139. The van der Waals surface area contributed by atoms with Gasteiger partial charge in [0.25, 0.3) is 11.7 Å². The average Bonchev–Trinajstić information content (AvgIpc) is 3.14. The summed E-state index contributed by atoms with van der Waals surface area (Å²) in [5, 5.41) is 21.9. The lowest BCUT2D eigenvalue weighted by atomic mass is 9.84. The number of carbonyl (C=O) groups excluding carboxylic acids is 2. The number of rotatable bonds is 7. The van der Waals surface area contributed by atoms with Crippen molar-refractivity contribution in [3.63, 3.8) is 0 Å². The summed E-state index contributed by atoms with van der Waals surface area (Å²) in [5.41, 5.74) is 3.30. The number of aromatic hydroxyl groups is 1. The highest BCUT2D eigenvalue weighted by Gasteiger charge is 2.46. The lowest BCUT2D eigenvalue weighted by Crippen LogP contribution is -2.31. The van der Waals surface area contributed by atoms with E-state index in [2.05, 4.69) is 20.8 Å². The standard InChI is InChI=1S/C32H34FNO5/c1-6-39-26-17-21(10-14-25(26)35)28-27(29(36)24-18-22(32(3,4)5)11-7-19(24)2)30(37)31(38)34(28)16-15-20-8-12-23(33)13-9-20/h7-14,17-18,28,35-36H,6,15-16H2,1-5H3/b29-27+. The molecule has 0 aromatic heterocycles. The highest BCUT2D eigenvalue weighted by Crippen LogP contribution is 2.42. The van der Waals surface area contributed by atoms with Crippen LogP contribution in [-0.2, 0) is 21.4 Å². The van der Waals surface area contributed by atoms with E-state index >= 15 is 0 Å². The molecule has 204 valence electrons. The van der Waals surface area contributed by atoms with Crippen LogP contribution in [0.2, 0.25) is 0 Å². The molecule has 0 aliphatic carbocycles. The van der Waals surface area contributed by atoms with Gasteiger partial charge in [-0.2, -0.15) is 0 Å². The van der Waals surface area contributed by atoms with Gasteiger partial charge in [0, 0.05) is 12.1 Å². The van der Waals surface area contributed by atoms with Crippen molar-refractivity contribution in [3.8, 4) is 11.5 Å². The number of amides is 1. The number of likely N-dealkylation sites (tertiary alicyclic amines) is 1. The molecule has 1 aliphatic heterocycles. The molecule has 0 bridgehead atoms. The van der Waals surface area contributed by atoms with E-state index in [9.17, 15) is 24.2 Å². The number of nitrogens with zero attached hydrogens (tertiary/aromatic N) is 1. The van der Waals surface area contributed by atoms with Crippen LogP contribution < -0.4 is 4.74 Å². The summed E-state index contributed by atoms with van der Waals surface area (Å²) in [6, 6.07) is 15.4. The molecule has 6 nitrogen and oxygen atoms in total. The first-order valence-corrected chi connectivity index (χ1v) is 13.0. The van der Waals surface area contributed by atoms with E-state index < -0.39 is 17.7 Å². The smallest absolute Gasteiger partial charge is 0.295 e. The summed E-state index contributed by atoms with van der Waals surface area (Å²) in [6.07, 6.45) is 0.374. The normalized spacial score (nSPS) is 17.1. The minimum atomic E-state index is -0.914. The Kier molecular flexibility index (Phi) is 7.82. The number of ether oxygens (including phenoxy) is 1. The second-order valence-corrected chi connectivity index (χ2v) is 10.8. The topological polar surface area (TPSA) is 87.1 Å². The third-order valence-corrected chi connectivity index (χ3v) is 7.05. The first-order valence-electron chi connectivity index (χ1n) is 13.0. The molecule has 1 amide bonds. The van der Waals surface area contributed by atoms with Crippen LogP contribution in [-0.4, -0.2) is 40.0 Å². The molecular weight excluding hydrogens is 497 g/mol. The molecule has 1 unspecified atom stereocenters. The van der Waals surface area contributed by atoms with Gasteiger partial charge in [0.2, 0.25) is 0 Å². The number of hydrogen-bond donors (Lipinski definition) is 2. The zero-order valence-electron chi connectivity index (χ0n) is 22.9. The maximum Gasteiger partial charge on any atom is 0.295 e. The summed E-state index contributed by atoms with van der Waals surface area (Å²) < 4.78 is 19.0. The average molecular weight is 532 g/mol. The molecule has 1 fully saturated rings. The summed E-state index contributed by atoms with van der Waals surface area (Å²) in [5.74, 6) is -2.00. The van der Waals surface area contributed by atoms with E-state index in [4.69, 9.17) is 4.74 Å². The number of ketones is 1. The van der Waals surface area contributed by atoms with Crippen LogP contribution in [0.15, 0.2) is 66.2 Å². The van der Waals surface area contributed by atoms with Gasteiger partial charge >= 0.3 is 0 Å². The van der Waals surface area contributed by atoms with Gasteiger partial charge in [-0.1, -0.05) is 51.1 Å². The third kappa shape index (κ3) is 5.67. The second kappa shape index (κ2) is 10.9. The summed E-state index contributed by atoms with van der Waals surface area (Å²) in [4.78, 5) is 28.3. The van der Waals surface area contributed by atoms with Crippen molar-refractivity contribution < 1.29 is 28.9 Å². The second-order valence-electron chi connectivity index (χ2n) is 10.8. The van der Waals surface area contributed by atoms with Crippen molar-refractivity contribution in [1.29, 1.82) is 0 Å². The van der Waals surface area contributed by atoms with Crippen LogP contribution in [0.25, 0.3) is 5.76 Å². The molecule has 1 heterocycles. The van der Waals surface area contributed by atoms with Crippen LogP contribution in [0, 0.1) is 12.7 Å². The van der Waals surface area contributed by atoms with Crippen molar-refractivity contribution in [1.82, 2.24) is 4.90 Å². The summed E-state index contributed by atoms with van der Waals surface area (Å²) >= 11 is 0. The molecule has 1 saturated heterocycles. The van der Waals surface area contributed by atoms with Crippen LogP contribution >= 0.6 is 0 Å². The molecule has 0 radical (unpaired) electrons. The monoisotopic (exact) mass is 531 g/mol. The molecule has 1 aliphatic rings. The van der Waals surface area contributed by atoms with E-state index in [-0.39, 0.29) is 40.6 Å². The van der Waals surface area contributed by atoms with Gasteiger partial charge in [-0.25, -0.2) is 4.39 Å². The van der Waals surface area contributed by atoms with Gasteiger partial charge in [-0.3, -0.25) is 9.59 Å². The van der Waals surface area contributed by atoms with Crippen LogP contribution in [0.4, 0.5) is 4.39 Å². The molecule has 2 N–H and O–H groups in total. The number of phenols is 1. The molecule has 0 saturated carbocycles. The zero-order valence-corrected chi connectivity index (χ0v) is 22.9. The van der Waals surface area contributed by atoms with E-state index in [0.717, 1.165) is 16.7 Å². The van der Waals surface area contributed by atoms with Crippen molar-refractivity contribution in [2.75, 3.05) is 13.2 Å². The molecule has 0 spiro atoms. The van der Waals surface area contributed by atoms with Gasteiger partial charge in [-0.05, 0) is 78.3 Å². The highest BCUT2D eigenvalue weighted by atomic mass is 19.1. The van der Waals surface area contributed by atoms with E-state index in [1.54, 1.807) is 31.2 Å². The van der Waals surface area contributed by atoms with Gasteiger partial charge in [0.1, 0.15) is 11.6 Å². The van der Waals surface area contributed by atoms with E-state index in [1.165, 1.54) is 23.1 Å². The lowest BCUT2D eigenvalue weighted by Gasteiger charge is -2.26. The number of hydrogen-bond acceptors (Lipinski definition) is 5. The Labute approximate surface area is 228 Å². The summed E-state index contributed by atoms with van der Waals surface area (Å²) in [6.45, 7) is 10.3. The van der Waals surface area contributed by atoms with Gasteiger partial charge in [-0.15, -0.1) is 0 Å². The SMILES string of the molecule is CCOc1cc(C2/C(=C(\O)c3cc(C(C)(C)C)ccc3C)C(=O)C(=O)N2CCc2ccc(F)cc2)ccc1O. The van der Waals surface area contributed by atoms with Crippen molar-refractivity contribution in [2.45, 2.75) is 52.5 Å². The first-order chi connectivity index (χ1) is 18.4. The molecule has 39 heavy (non-hydrogen) atoms. The third-order valence-electron chi connectivity index (χ3n) is 7.05. The number of carbonyl (C=O) groups is 2. The predicted molar refractivity (Wildman–Crippen MR) is 148 cm³/mol. The van der Waals surface area contributed by atoms with Crippen LogP contribution in [0.5, 0.6) is 11.5 Å². The van der Waals surface area contributed by atoms with Gasteiger partial charge < -0.3 is 19.8 Å². The number of phenolic OH excluding ortho intramolecular Hbond substituents is 1. The minimum absolute atomic E-state index is 0.0265. The number of halogens is 1. The number of aryl methyl sites for hydroxylation is 1. The number of aliphatic hydroxyl groups excluding tert-OH is 1. The zero-order chi connectivity index (χ0) is 28.5. The first kappa shape index (κ1) is 27.9. The Hall–Kier alpha value is -4.13. The van der Waals surface area contributed by atoms with Gasteiger partial charge in [0.15, 0.2) is 11.5 Å². The maximum atomic E-state index is 13.5. The quantitative estimate of drug-likeness (QED) is 0.215. The number of Topliss-reactive ketones (excluding diaryl/α,β-unsaturated/α-hetero) is 1. The molecular formula is C32H34FNO5. The Morgan fingerprint density at radius 3 is 2.36 bits per heavy atom. The van der Waals surface area contributed by atoms with E-state index in [0.29, 0.717) is 24.2 Å². The van der Waals surface area contributed by atoms with Crippen molar-refractivity contribution in [2.24, 2.45) is 0 Å². The minimum Gasteiger partial charge on any atom is -0.507 e. The van der Waals surface area contributed by atoms with Crippen LogP contribution in [0.3, 0.4) is 0 Å². The number of aliphatic hydroxyl groups is 1. The van der Waals surface area contributed by atoms with Crippen molar-refractivity contribution in [3.05, 3.63) is 99.9 Å². The highest BCUT2D eigenvalue weighted by molar-refractivity contribution is 6.46. The molecule has 7 heteroatoms. The van der Waals surface area contributed by atoms with E-state index in [1.807, 2.05) is 25.1 Å². The molecule has 3 aromatic carbocycles. The Morgan fingerprint density at radius 2 is 1.72 bits per heavy atom. The molecule has 4 rings (SSSR count). The maximum absolute atomic E-state index is 13.5. The number of benzene rings is 3. The summed E-state index contributed by atoms with van der Waals surface area (Å²) in [7, 11) is 0. The molecule has 3 aromatic rings. The predicted octanol–water partition coefficient (Wildman–Crippen LogP) is 6.20.